The largest absolute Gasteiger partial charge is 0.352 e. The third-order valence-corrected chi connectivity index (χ3v) is 5.75. The Bertz CT molecular complexity index is 725. The summed E-state index contributed by atoms with van der Waals surface area (Å²) in [6.45, 7) is 2.10. The SMILES string of the molecule is Cc1cc(SCC(=O)NC(C2CC2)C2CC2)nc2ccccc12. The quantitative estimate of drug-likeness (QED) is 0.818. The van der Waals surface area contributed by atoms with Gasteiger partial charge in [0.15, 0.2) is 0 Å². The first-order valence-corrected chi connectivity index (χ1v) is 9.48. The first-order valence-electron chi connectivity index (χ1n) is 8.49. The van der Waals surface area contributed by atoms with E-state index in [4.69, 9.17) is 0 Å². The molecule has 1 heterocycles. The fraction of sp³-hybridized carbons (Fsp3) is 0.474. The van der Waals surface area contributed by atoms with Gasteiger partial charge in [0.1, 0.15) is 0 Å². The van der Waals surface area contributed by atoms with Gasteiger partial charge >= 0.3 is 0 Å². The number of nitrogens with zero attached hydrogens (tertiary/aromatic N) is 1. The lowest BCUT2D eigenvalue weighted by atomic mass is 10.1. The Morgan fingerprint density at radius 3 is 2.65 bits per heavy atom. The lowest BCUT2D eigenvalue weighted by molar-refractivity contribution is -0.119. The fourth-order valence-electron chi connectivity index (χ4n) is 3.29. The number of thioether (sulfide) groups is 1. The minimum atomic E-state index is 0.159. The molecule has 2 aliphatic carbocycles. The molecule has 0 unspecified atom stereocenters. The number of hydrogen-bond acceptors (Lipinski definition) is 3. The average molecular weight is 326 g/mol. The van der Waals surface area contributed by atoms with Crippen LogP contribution < -0.4 is 5.32 Å². The van der Waals surface area contributed by atoms with Gasteiger partial charge in [-0.25, -0.2) is 4.98 Å². The topological polar surface area (TPSA) is 42.0 Å². The third kappa shape index (κ3) is 3.52. The van der Waals surface area contributed by atoms with Crippen LogP contribution in [0.5, 0.6) is 0 Å². The molecule has 1 amide bonds. The van der Waals surface area contributed by atoms with Gasteiger partial charge in [-0.15, -0.1) is 0 Å². The van der Waals surface area contributed by atoms with E-state index in [1.54, 1.807) is 11.8 Å². The molecule has 120 valence electrons. The van der Waals surface area contributed by atoms with Crippen molar-refractivity contribution < 1.29 is 4.79 Å². The summed E-state index contributed by atoms with van der Waals surface area (Å²) in [5, 5.41) is 5.40. The van der Waals surface area contributed by atoms with Crippen LogP contribution in [-0.4, -0.2) is 22.7 Å². The van der Waals surface area contributed by atoms with Crippen molar-refractivity contribution in [3.05, 3.63) is 35.9 Å². The number of nitrogens with one attached hydrogen (secondary N) is 1. The number of hydrogen-bond donors (Lipinski definition) is 1. The van der Waals surface area contributed by atoms with Crippen LogP contribution in [0.2, 0.25) is 0 Å². The molecule has 0 bridgehead atoms. The second kappa shape index (κ2) is 6.16. The van der Waals surface area contributed by atoms with Gasteiger partial charge in [-0.1, -0.05) is 30.0 Å². The first kappa shape index (κ1) is 15.0. The molecule has 1 aromatic heterocycles. The van der Waals surface area contributed by atoms with Crippen molar-refractivity contribution in [1.82, 2.24) is 10.3 Å². The second-order valence-corrected chi connectivity index (χ2v) is 7.85. The molecule has 0 aliphatic heterocycles. The van der Waals surface area contributed by atoms with Crippen molar-refractivity contribution in [2.24, 2.45) is 11.8 Å². The minimum absolute atomic E-state index is 0.159. The number of fused-ring (bicyclic) bond motifs is 1. The van der Waals surface area contributed by atoms with Crippen LogP contribution >= 0.6 is 11.8 Å². The van der Waals surface area contributed by atoms with Crippen LogP contribution in [-0.2, 0) is 4.79 Å². The van der Waals surface area contributed by atoms with E-state index in [9.17, 15) is 4.79 Å². The fourth-order valence-corrected chi connectivity index (χ4v) is 4.08. The highest BCUT2D eigenvalue weighted by Crippen LogP contribution is 2.44. The Hall–Kier alpha value is -1.55. The summed E-state index contributed by atoms with van der Waals surface area (Å²) in [5.74, 6) is 2.11. The Morgan fingerprint density at radius 2 is 1.96 bits per heavy atom. The van der Waals surface area contributed by atoms with Crippen molar-refractivity contribution in [3.8, 4) is 0 Å². The lowest BCUT2D eigenvalue weighted by Crippen LogP contribution is -2.39. The van der Waals surface area contributed by atoms with E-state index in [1.165, 1.54) is 36.6 Å². The summed E-state index contributed by atoms with van der Waals surface area (Å²) in [5.41, 5.74) is 2.22. The number of aromatic nitrogens is 1. The van der Waals surface area contributed by atoms with Crippen molar-refractivity contribution in [1.29, 1.82) is 0 Å². The van der Waals surface area contributed by atoms with Crippen molar-refractivity contribution in [2.75, 3.05) is 5.75 Å². The molecular formula is C19H22N2OS. The van der Waals surface area contributed by atoms with Crippen LogP contribution in [0.15, 0.2) is 35.4 Å². The maximum atomic E-state index is 12.3. The zero-order chi connectivity index (χ0) is 15.8. The maximum Gasteiger partial charge on any atom is 0.230 e. The van der Waals surface area contributed by atoms with Crippen LogP contribution in [0.4, 0.5) is 0 Å². The number of para-hydroxylation sites is 1. The monoisotopic (exact) mass is 326 g/mol. The number of benzene rings is 1. The number of pyridine rings is 1. The smallest absolute Gasteiger partial charge is 0.230 e. The second-order valence-electron chi connectivity index (χ2n) is 6.85. The Balaban J connectivity index is 1.39. The van der Waals surface area contributed by atoms with E-state index >= 15 is 0 Å². The molecule has 4 heteroatoms. The molecule has 3 nitrogen and oxygen atoms in total. The Morgan fingerprint density at radius 1 is 1.26 bits per heavy atom. The highest BCUT2D eigenvalue weighted by atomic mass is 32.2. The van der Waals surface area contributed by atoms with Gasteiger partial charge in [-0.2, -0.15) is 0 Å². The molecule has 2 aliphatic rings. The predicted octanol–water partition coefficient (Wildman–Crippen LogP) is 3.94. The van der Waals surface area contributed by atoms with E-state index in [0.717, 1.165) is 22.4 Å². The molecule has 0 atom stereocenters. The van der Waals surface area contributed by atoms with Crippen LogP contribution in [0, 0.1) is 18.8 Å². The predicted molar refractivity (Wildman–Crippen MR) is 94.6 cm³/mol. The standard InChI is InChI=1S/C19H22N2OS/c1-12-10-18(20-16-5-3-2-4-15(12)16)23-11-17(22)21-19(13-6-7-13)14-8-9-14/h2-5,10,13-14,19H,6-9,11H2,1H3,(H,21,22). The highest BCUT2D eigenvalue weighted by Gasteiger charge is 2.42. The average Bonchev–Trinajstić information content (AvgIpc) is 3.44. The zero-order valence-corrected chi connectivity index (χ0v) is 14.2. The molecule has 23 heavy (non-hydrogen) atoms. The number of aryl methyl sites for hydroxylation is 1. The van der Waals surface area contributed by atoms with Crippen molar-refractivity contribution in [2.45, 2.75) is 43.7 Å². The van der Waals surface area contributed by atoms with E-state index in [2.05, 4.69) is 29.4 Å². The van der Waals surface area contributed by atoms with Gasteiger partial charge in [0.05, 0.1) is 16.3 Å². The van der Waals surface area contributed by atoms with Crippen molar-refractivity contribution >= 4 is 28.6 Å². The van der Waals surface area contributed by atoms with Gasteiger partial charge in [-0.05, 0) is 62.1 Å². The first-order chi connectivity index (χ1) is 11.2. The van der Waals surface area contributed by atoms with Crippen LogP contribution in [0.1, 0.15) is 31.2 Å². The molecule has 4 rings (SSSR count). The molecule has 0 spiro atoms. The Labute approximate surface area is 141 Å². The highest BCUT2D eigenvalue weighted by molar-refractivity contribution is 7.99. The summed E-state index contributed by atoms with van der Waals surface area (Å²) in [6, 6.07) is 10.7. The molecule has 2 aromatic rings. The molecule has 2 fully saturated rings. The maximum absolute atomic E-state index is 12.3. The van der Waals surface area contributed by atoms with E-state index in [1.807, 2.05) is 18.2 Å². The number of rotatable bonds is 6. The van der Waals surface area contributed by atoms with Crippen LogP contribution in [0.25, 0.3) is 10.9 Å². The van der Waals surface area contributed by atoms with Gasteiger partial charge in [-0.3, -0.25) is 4.79 Å². The number of carbonyl (C=O) groups excluding carboxylic acids is 1. The number of amides is 1. The van der Waals surface area contributed by atoms with E-state index in [-0.39, 0.29) is 5.91 Å². The molecular weight excluding hydrogens is 304 g/mol. The molecule has 1 aromatic carbocycles. The van der Waals surface area contributed by atoms with Crippen LogP contribution in [0.3, 0.4) is 0 Å². The zero-order valence-electron chi connectivity index (χ0n) is 13.4. The van der Waals surface area contributed by atoms with E-state index in [0.29, 0.717) is 11.8 Å². The minimum Gasteiger partial charge on any atom is -0.352 e. The lowest BCUT2D eigenvalue weighted by Gasteiger charge is -2.17. The molecule has 1 N–H and O–H groups in total. The van der Waals surface area contributed by atoms with Gasteiger partial charge in [0.2, 0.25) is 5.91 Å². The van der Waals surface area contributed by atoms with E-state index < -0.39 is 0 Å². The summed E-state index contributed by atoms with van der Waals surface area (Å²) < 4.78 is 0. The summed E-state index contributed by atoms with van der Waals surface area (Å²) in [4.78, 5) is 16.9. The molecule has 0 radical (unpaired) electrons. The normalized spacial score (nSPS) is 17.7. The summed E-state index contributed by atoms with van der Waals surface area (Å²) in [7, 11) is 0. The molecule has 0 saturated heterocycles. The molecule has 2 saturated carbocycles. The summed E-state index contributed by atoms with van der Waals surface area (Å²) in [6.07, 6.45) is 5.17. The van der Waals surface area contributed by atoms with Gasteiger partial charge in [0, 0.05) is 11.4 Å². The van der Waals surface area contributed by atoms with Gasteiger partial charge < -0.3 is 5.32 Å². The third-order valence-electron chi connectivity index (χ3n) is 4.84. The Kier molecular flexibility index (Phi) is 4.02. The summed E-state index contributed by atoms with van der Waals surface area (Å²) >= 11 is 1.54. The van der Waals surface area contributed by atoms with Gasteiger partial charge in [0.25, 0.3) is 0 Å². The van der Waals surface area contributed by atoms with Crippen molar-refractivity contribution in [3.63, 3.8) is 0 Å². The number of carbonyl (C=O) groups is 1.